The maximum absolute atomic E-state index is 6.21. The first-order valence-electron chi connectivity index (χ1n) is 6.78. The van der Waals surface area contributed by atoms with Gasteiger partial charge in [0.25, 0.3) is 0 Å². The molecule has 2 N–H and O–H groups in total. The van der Waals surface area contributed by atoms with E-state index in [9.17, 15) is 0 Å². The van der Waals surface area contributed by atoms with Crippen LogP contribution in [0, 0.1) is 0 Å². The number of nitrogens with zero attached hydrogens (tertiary/aromatic N) is 4. The topological polar surface area (TPSA) is 69.6 Å². The van der Waals surface area contributed by atoms with E-state index >= 15 is 0 Å². The Labute approximate surface area is 120 Å². The molecule has 0 spiro atoms. The molecule has 0 atom stereocenters. The smallest absolute Gasteiger partial charge is 0.181 e. The van der Waals surface area contributed by atoms with E-state index in [0.29, 0.717) is 11.6 Å². The Morgan fingerprint density at radius 1 is 1.25 bits per heavy atom. The van der Waals surface area contributed by atoms with Crippen LogP contribution in [0.2, 0.25) is 0 Å². The molecule has 3 aromatic heterocycles. The summed E-state index contributed by atoms with van der Waals surface area (Å²) < 4.78 is 1.91. The van der Waals surface area contributed by atoms with Crippen molar-refractivity contribution < 1.29 is 0 Å². The fourth-order valence-electron chi connectivity index (χ4n) is 2.87. The lowest BCUT2D eigenvalue weighted by atomic mass is 9.97. The highest BCUT2D eigenvalue weighted by Crippen LogP contribution is 2.38. The summed E-state index contributed by atoms with van der Waals surface area (Å²) in [7, 11) is 1.94. The number of aromatic nitrogens is 4. The number of imidazole rings is 1. The van der Waals surface area contributed by atoms with Gasteiger partial charge in [0.15, 0.2) is 5.82 Å². The molecule has 6 heteroatoms. The van der Waals surface area contributed by atoms with Gasteiger partial charge in [-0.15, -0.1) is 11.3 Å². The number of nitrogen functional groups attached to an aromatic ring is 1. The molecule has 0 amide bonds. The van der Waals surface area contributed by atoms with E-state index in [0.717, 1.165) is 28.8 Å². The minimum Gasteiger partial charge on any atom is -0.383 e. The zero-order chi connectivity index (χ0) is 13.7. The van der Waals surface area contributed by atoms with Gasteiger partial charge in [0.05, 0.1) is 17.9 Å². The Kier molecular flexibility index (Phi) is 2.53. The highest BCUT2D eigenvalue weighted by Gasteiger charge is 2.20. The van der Waals surface area contributed by atoms with Gasteiger partial charge in [0.2, 0.25) is 0 Å². The number of nitrogens with two attached hydrogens (primary N) is 1. The summed E-state index contributed by atoms with van der Waals surface area (Å²) in [5, 5.41) is 1.08. The van der Waals surface area contributed by atoms with E-state index < -0.39 is 0 Å². The Bertz CT molecular complexity index is 801. The molecule has 1 aliphatic carbocycles. The van der Waals surface area contributed by atoms with Gasteiger partial charge in [-0.1, -0.05) is 0 Å². The van der Waals surface area contributed by atoms with Gasteiger partial charge in [0, 0.05) is 11.9 Å². The molecule has 0 radical (unpaired) electrons. The van der Waals surface area contributed by atoms with E-state index in [1.807, 2.05) is 11.6 Å². The number of hydrogen-bond acceptors (Lipinski definition) is 5. The molecule has 20 heavy (non-hydrogen) atoms. The lowest BCUT2D eigenvalue weighted by Crippen LogP contribution is -2.02. The van der Waals surface area contributed by atoms with Crippen LogP contribution in [0.4, 0.5) is 5.82 Å². The summed E-state index contributed by atoms with van der Waals surface area (Å²) in [4.78, 5) is 15.8. The number of hydrogen-bond donors (Lipinski definition) is 1. The maximum atomic E-state index is 6.21. The number of rotatable bonds is 1. The van der Waals surface area contributed by atoms with Crippen LogP contribution in [0.25, 0.3) is 21.7 Å². The Morgan fingerprint density at radius 2 is 2.10 bits per heavy atom. The normalized spacial score (nSPS) is 14.7. The fraction of sp³-hybridized carbons (Fsp3) is 0.357. The van der Waals surface area contributed by atoms with Crippen LogP contribution < -0.4 is 5.73 Å². The average molecular weight is 285 g/mol. The third-order valence-electron chi connectivity index (χ3n) is 3.89. The maximum Gasteiger partial charge on any atom is 0.181 e. The van der Waals surface area contributed by atoms with E-state index in [2.05, 4.69) is 9.97 Å². The monoisotopic (exact) mass is 285 g/mol. The molecule has 5 nitrogen and oxygen atoms in total. The van der Waals surface area contributed by atoms with Gasteiger partial charge in [-0.25, -0.2) is 15.0 Å². The molecule has 0 aromatic carbocycles. The summed E-state index contributed by atoms with van der Waals surface area (Å²) in [5.74, 6) is 1.26. The van der Waals surface area contributed by atoms with Crippen molar-refractivity contribution in [1.82, 2.24) is 19.5 Å². The SMILES string of the molecule is Cn1cncc1-c1nc(N)c2c3c(sc2n1)CCCC3. The van der Waals surface area contributed by atoms with Crippen molar-refractivity contribution in [3.63, 3.8) is 0 Å². The largest absolute Gasteiger partial charge is 0.383 e. The third-order valence-corrected chi connectivity index (χ3v) is 5.07. The summed E-state index contributed by atoms with van der Waals surface area (Å²) in [5.41, 5.74) is 8.48. The van der Waals surface area contributed by atoms with Crippen LogP contribution in [0.5, 0.6) is 0 Å². The van der Waals surface area contributed by atoms with Gasteiger partial charge >= 0.3 is 0 Å². The highest BCUT2D eigenvalue weighted by molar-refractivity contribution is 7.19. The van der Waals surface area contributed by atoms with Crippen molar-refractivity contribution in [3.8, 4) is 11.5 Å². The first-order valence-corrected chi connectivity index (χ1v) is 7.60. The minimum atomic E-state index is 0.602. The molecule has 3 aromatic rings. The second-order valence-corrected chi connectivity index (χ2v) is 6.30. The molecule has 0 aliphatic heterocycles. The van der Waals surface area contributed by atoms with E-state index in [1.165, 1.54) is 23.3 Å². The van der Waals surface area contributed by atoms with Crippen LogP contribution >= 0.6 is 11.3 Å². The second kappa shape index (κ2) is 4.28. The highest BCUT2D eigenvalue weighted by atomic mass is 32.1. The molecular formula is C14H15N5S. The number of aryl methyl sites for hydroxylation is 3. The molecule has 0 saturated heterocycles. The minimum absolute atomic E-state index is 0.602. The summed E-state index contributed by atoms with van der Waals surface area (Å²) in [6, 6.07) is 0. The van der Waals surface area contributed by atoms with Gasteiger partial charge in [-0.05, 0) is 31.2 Å². The van der Waals surface area contributed by atoms with Crippen LogP contribution in [0.1, 0.15) is 23.3 Å². The Hall–Kier alpha value is -1.95. The first-order chi connectivity index (χ1) is 9.74. The molecule has 0 saturated carbocycles. The molecule has 102 valence electrons. The number of anilines is 1. The zero-order valence-corrected chi connectivity index (χ0v) is 12.1. The molecule has 3 heterocycles. The van der Waals surface area contributed by atoms with Gasteiger partial charge < -0.3 is 10.3 Å². The van der Waals surface area contributed by atoms with Crippen LogP contribution in [0.3, 0.4) is 0 Å². The quantitative estimate of drug-likeness (QED) is 0.746. The van der Waals surface area contributed by atoms with Crippen LogP contribution in [-0.4, -0.2) is 19.5 Å². The zero-order valence-electron chi connectivity index (χ0n) is 11.3. The molecule has 4 rings (SSSR count). The van der Waals surface area contributed by atoms with Crippen LogP contribution in [-0.2, 0) is 19.9 Å². The summed E-state index contributed by atoms with van der Waals surface area (Å²) >= 11 is 1.77. The van der Waals surface area contributed by atoms with Crippen molar-refractivity contribution in [3.05, 3.63) is 23.0 Å². The molecular weight excluding hydrogens is 270 g/mol. The number of thiophene rings is 1. The van der Waals surface area contributed by atoms with Crippen LogP contribution in [0.15, 0.2) is 12.5 Å². The van der Waals surface area contributed by atoms with Gasteiger partial charge in [0.1, 0.15) is 16.3 Å². The van der Waals surface area contributed by atoms with Crippen molar-refractivity contribution in [2.75, 3.05) is 5.73 Å². The first kappa shape index (κ1) is 11.8. The van der Waals surface area contributed by atoms with E-state index in [1.54, 1.807) is 23.9 Å². The second-order valence-electron chi connectivity index (χ2n) is 5.21. The molecule has 0 fully saturated rings. The van der Waals surface area contributed by atoms with Gasteiger partial charge in [-0.3, -0.25) is 0 Å². The summed E-state index contributed by atoms with van der Waals surface area (Å²) in [6.07, 6.45) is 8.28. The standard InChI is InChI=1S/C14H15N5S/c1-19-7-16-6-9(19)13-17-12(15)11-8-4-2-3-5-10(8)20-14(11)18-13/h6-7H,2-5H2,1H3,(H2,15,17,18). The molecule has 0 unspecified atom stereocenters. The lowest BCUT2D eigenvalue weighted by Gasteiger charge is -2.10. The van der Waals surface area contributed by atoms with E-state index in [4.69, 9.17) is 10.7 Å². The van der Waals surface area contributed by atoms with Gasteiger partial charge in [-0.2, -0.15) is 0 Å². The molecule has 1 aliphatic rings. The predicted molar refractivity (Wildman–Crippen MR) is 80.7 cm³/mol. The van der Waals surface area contributed by atoms with Crippen molar-refractivity contribution in [2.24, 2.45) is 7.05 Å². The van der Waals surface area contributed by atoms with Crippen molar-refractivity contribution in [1.29, 1.82) is 0 Å². The summed E-state index contributed by atoms with van der Waals surface area (Å²) in [6.45, 7) is 0. The lowest BCUT2D eigenvalue weighted by molar-refractivity contribution is 0.700. The van der Waals surface area contributed by atoms with Crippen molar-refractivity contribution >= 4 is 27.4 Å². The predicted octanol–water partition coefficient (Wildman–Crippen LogP) is 2.55. The third kappa shape index (κ3) is 1.64. The average Bonchev–Trinajstić information content (AvgIpc) is 3.01. The number of fused-ring (bicyclic) bond motifs is 3. The van der Waals surface area contributed by atoms with Crippen molar-refractivity contribution in [2.45, 2.75) is 25.7 Å². The Morgan fingerprint density at radius 3 is 2.90 bits per heavy atom. The van der Waals surface area contributed by atoms with E-state index in [-0.39, 0.29) is 0 Å². The fourth-order valence-corrected chi connectivity index (χ4v) is 4.14. The Balaban J connectivity index is 1.97. The molecule has 0 bridgehead atoms.